The van der Waals surface area contributed by atoms with Crippen LogP contribution in [0.25, 0.3) is 22.2 Å². The van der Waals surface area contributed by atoms with Crippen LogP contribution in [-0.2, 0) is 26.3 Å². The molecule has 11 nitrogen and oxygen atoms in total. The van der Waals surface area contributed by atoms with Gasteiger partial charge in [-0.15, -0.1) is 0 Å². The number of hydrogen-bond donors (Lipinski definition) is 1. The van der Waals surface area contributed by atoms with Crippen LogP contribution in [-0.4, -0.2) is 105 Å². The molecule has 2 bridgehead atoms. The summed E-state index contributed by atoms with van der Waals surface area (Å²) in [6, 6.07) is 14.3. The fourth-order valence-electron chi connectivity index (χ4n) is 9.19. The van der Waals surface area contributed by atoms with Crippen molar-refractivity contribution in [3.8, 4) is 17.0 Å². The molecule has 2 amide bonds. The van der Waals surface area contributed by atoms with Crippen molar-refractivity contribution >= 4 is 32.9 Å². The molecule has 268 valence electrons. The van der Waals surface area contributed by atoms with Crippen LogP contribution < -0.4 is 9.46 Å². The molecular formula is C38H49N5O6S. The summed E-state index contributed by atoms with van der Waals surface area (Å²) in [5.74, 6) is 0.716. The number of carbonyl (C=O) groups is 2. The molecule has 2 aromatic carbocycles. The zero-order valence-electron chi connectivity index (χ0n) is 29.2. The van der Waals surface area contributed by atoms with Gasteiger partial charge in [-0.1, -0.05) is 25.3 Å². The number of nitrogens with zero attached hydrogens (tertiary/aromatic N) is 4. The van der Waals surface area contributed by atoms with E-state index in [2.05, 4.69) is 38.3 Å². The average Bonchev–Trinajstić information content (AvgIpc) is 3.78. The third kappa shape index (κ3) is 6.11. The molecule has 12 heteroatoms. The van der Waals surface area contributed by atoms with Gasteiger partial charge in [0.15, 0.2) is 0 Å². The van der Waals surface area contributed by atoms with Crippen molar-refractivity contribution in [3.05, 3.63) is 53.6 Å². The normalized spacial score (nSPS) is 24.4. The van der Waals surface area contributed by atoms with Crippen LogP contribution in [0.5, 0.6) is 5.75 Å². The maximum absolute atomic E-state index is 14.6. The Morgan fingerprint density at radius 1 is 0.940 bits per heavy atom. The molecule has 2 atom stereocenters. The summed E-state index contributed by atoms with van der Waals surface area (Å²) in [5.41, 5.74) is 4.04. The van der Waals surface area contributed by atoms with Crippen molar-refractivity contribution in [2.24, 2.45) is 5.41 Å². The number of nitrogens with one attached hydrogen (secondary N) is 1. The molecule has 0 spiro atoms. The van der Waals surface area contributed by atoms with Crippen LogP contribution in [0.1, 0.15) is 79.6 Å². The molecule has 5 fully saturated rings. The third-order valence-corrected chi connectivity index (χ3v) is 13.4. The molecule has 50 heavy (non-hydrogen) atoms. The number of likely N-dealkylation sites (tertiary alicyclic amines) is 1. The Morgan fingerprint density at radius 3 is 2.26 bits per heavy atom. The van der Waals surface area contributed by atoms with Gasteiger partial charge in [-0.25, -0.2) is 4.72 Å². The van der Waals surface area contributed by atoms with Crippen molar-refractivity contribution in [1.29, 1.82) is 0 Å². The molecule has 1 aromatic heterocycles. The predicted octanol–water partition coefficient (Wildman–Crippen LogP) is 4.76. The van der Waals surface area contributed by atoms with E-state index < -0.39 is 21.5 Å². The van der Waals surface area contributed by atoms with Gasteiger partial charge < -0.3 is 23.8 Å². The summed E-state index contributed by atoms with van der Waals surface area (Å²) in [7, 11) is -0.215. The highest BCUT2D eigenvalue weighted by Gasteiger charge is 2.56. The minimum atomic E-state index is -4.03. The Balaban J connectivity index is 1.24. The lowest BCUT2D eigenvalue weighted by atomic mass is 9.81. The number of fused-ring (bicyclic) bond motifs is 3. The van der Waals surface area contributed by atoms with Gasteiger partial charge in [0.25, 0.3) is 5.91 Å². The number of aromatic nitrogens is 1. The minimum absolute atomic E-state index is 0.200. The van der Waals surface area contributed by atoms with Crippen LogP contribution in [0.15, 0.2) is 42.5 Å². The van der Waals surface area contributed by atoms with Gasteiger partial charge in [-0.05, 0) is 99.0 Å². The highest BCUT2D eigenvalue weighted by atomic mass is 32.2. The van der Waals surface area contributed by atoms with E-state index in [0.717, 1.165) is 92.4 Å². The topological polar surface area (TPSA) is 113 Å². The van der Waals surface area contributed by atoms with Crippen molar-refractivity contribution in [2.75, 3.05) is 53.6 Å². The molecular weight excluding hydrogens is 655 g/mol. The first-order valence-electron chi connectivity index (χ1n) is 18.4. The smallest absolute Gasteiger partial charge is 0.304 e. The molecule has 8 rings (SSSR count). The Morgan fingerprint density at radius 2 is 1.62 bits per heavy atom. The van der Waals surface area contributed by atoms with Gasteiger partial charge in [-0.3, -0.25) is 9.59 Å². The van der Waals surface area contributed by atoms with E-state index in [1.165, 1.54) is 16.3 Å². The SMILES string of the molecule is COc1ccc(-c2c(C3CCCCC3)c3ccc(C(=O)NS(=O)(=O)N4CCOCC4)cc3n2CC2(C(=O)N3C4CCC3CN(C)C4)CC2)cc1. The largest absolute Gasteiger partial charge is 0.497 e. The maximum atomic E-state index is 14.6. The van der Waals surface area contributed by atoms with E-state index >= 15 is 0 Å². The molecule has 3 saturated heterocycles. The lowest BCUT2D eigenvalue weighted by Gasteiger charge is -2.41. The summed E-state index contributed by atoms with van der Waals surface area (Å²) in [4.78, 5) is 32.9. The predicted molar refractivity (Wildman–Crippen MR) is 191 cm³/mol. The van der Waals surface area contributed by atoms with Crippen molar-refractivity contribution in [3.63, 3.8) is 0 Å². The van der Waals surface area contributed by atoms with E-state index in [4.69, 9.17) is 9.47 Å². The van der Waals surface area contributed by atoms with Gasteiger partial charge in [0, 0.05) is 61.3 Å². The van der Waals surface area contributed by atoms with E-state index in [0.29, 0.717) is 25.7 Å². The van der Waals surface area contributed by atoms with Crippen LogP contribution >= 0.6 is 0 Å². The number of rotatable bonds is 9. The molecule has 3 aliphatic heterocycles. The van der Waals surface area contributed by atoms with Crippen molar-refractivity contribution in [2.45, 2.75) is 82.3 Å². The number of carbonyl (C=O) groups excluding carboxylic acids is 2. The summed E-state index contributed by atoms with van der Waals surface area (Å²) < 4.78 is 43.1. The van der Waals surface area contributed by atoms with Crippen LogP contribution in [0.3, 0.4) is 0 Å². The lowest BCUT2D eigenvalue weighted by Crippen LogP contribution is -2.56. The highest BCUT2D eigenvalue weighted by Crippen LogP contribution is 2.53. The standard InChI is InChI=1S/C38H49N5O6S/c1-40-23-29-11-12-30(24-40)43(29)37(45)38(16-17-38)25-42-33-22-28(36(44)39-50(46,47)41-18-20-49-21-19-41)10-15-32(33)34(26-6-4-3-5-7-26)35(42)27-8-13-31(48-2)14-9-27/h8-10,13-15,22,26,29-30H,3-7,11-12,16-21,23-25H2,1-2H3,(H,39,44). The fraction of sp³-hybridized carbons (Fsp3) is 0.579. The molecule has 2 saturated carbocycles. The van der Waals surface area contributed by atoms with Gasteiger partial charge in [-0.2, -0.15) is 12.7 Å². The first-order valence-corrected chi connectivity index (χ1v) is 19.8. The number of likely N-dealkylation sites (N-methyl/N-ethyl adjacent to an activating group) is 1. The summed E-state index contributed by atoms with van der Waals surface area (Å²) >= 11 is 0. The molecule has 1 N–H and O–H groups in total. The first-order chi connectivity index (χ1) is 24.2. The average molecular weight is 704 g/mol. The van der Waals surface area contributed by atoms with E-state index in [-0.39, 0.29) is 36.6 Å². The lowest BCUT2D eigenvalue weighted by molar-refractivity contribution is -0.143. The quantitative estimate of drug-likeness (QED) is 0.342. The van der Waals surface area contributed by atoms with E-state index in [9.17, 15) is 18.0 Å². The molecule has 5 aliphatic rings. The highest BCUT2D eigenvalue weighted by molar-refractivity contribution is 7.87. The van der Waals surface area contributed by atoms with Crippen LogP contribution in [0, 0.1) is 5.41 Å². The number of hydrogen-bond acceptors (Lipinski definition) is 7. The van der Waals surface area contributed by atoms with Crippen LogP contribution in [0.2, 0.25) is 0 Å². The number of methoxy groups -OCH3 is 1. The second kappa shape index (κ2) is 13.3. The van der Waals surface area contributed by atoms with Gasteiger partial charge in [0.05, 0.1) is 31.4 Å². The monoisotopic (exact) mass is 703 g/mol. The number of morpholine rings is 1. The minimum Gasteiger partial charge on any atom is -0.497 e. The summed E-state index contributed by atoms with van der Waals surface area (Å²) in [6.45, 7) is 3.33. The summed E-state index contributed by atoms with van der Waals surface area (Å²) in [5, 5.41) is 1.07. The van der Waals surface area contributed by atoms with Gasteiger partial charge in [0.2, 0.25) is 5.91 Å². The van der Waals surface area contributed by atoms with E-state index in [1.54, 1.807) is 13.2 Å². The van der Waals surface area contributed by atoms with Crippen molar-refractivity contribution < 1.29 is 27.5 Å². The molecule has 2 unspecified atom stereocenters. The molecule has 2 aliphatic carbocycles. The Labute approximate surface area is 295 Å². The second-order valence-electron chi connectivity index (χ2n) is 15.2. The van der Waals surface area contributed by atoms with Gasteiger partial charge in [0.1, 0.15) is 5.75 Å². The van der Waals surface area contributed by atoms with Crippen molar-refractivity contribution in [1.82, 2.24) is 23.4 Å². The Kier molecular flexibility index (Phi) is 8.94. The molecule has 4 heterocycles. The Bertz CT molecular complexity index is 1860. The molecule has 3 aromatic rings. The first kappa shape index (κ1) is 33.7. The molecule has 0 radical (unpaired) electrons. The zero-order chi connectivity index (χ0) is 34.6. The fourth-order valence-corrected chi connectivity index (χ4v) is 10.3. The number of amides is 2. The third-order valence-electron chi connectivity index (χ3n) is 11.9. The van der Waals surface area contributed by atoms with E-state index in [1.807, 2.05) is 24.3 Å². The zero-order valence-corrected chi connectivity index (χ0v) is 30.1. The van der Waals surface area contributed by atoms with Crippen LogP contribution in [0.4, 0.5) is 0 Å². The van der Waals surface area contributed by atoms with Gasteiger partial charge >= 0.3 is 10.2 Å². The number of benzene rings is 2. The Hall–Kier alpha value is -3.45. The summed E-state index contributed by atoms with van der Waals surface area (Å²) in [6.07, 6.45) is 9.47. The number of piperazine rings is 1. The maximum Gasteiger partial charge on any atom is 0.304 e. The second-order valence-corrected chi connectivity index (χ2v) is 16.9. The number of ether oxygens (including phenoxy) is 2.